The molecule has 0 N–H and O–H groups in total. The molecule has 2 heterocycles. The van der Waals surface area contributed by atoms with E-state index in [1.54, 1.807) is 12.4 Å². The Morgan fingerprint density at radius 2 is 2.00 bits per heavy atom. The predicted octanol–water partition coefficient (Wildman–Crippen LogP) is 2.88. The summed E-state index contributed by atoms with van der Waals surface area (Å²) in [6, 6.07) is 7.63. The maximum absolute atomic E-state index is 12.0. The molecule has 1 aromatic heterocycles. The van der Waals surface area contributed by atoms with Crippen molar-refractivity contribution in [1.82, 2.24) is 10.2 Å². The number of aliphatic imine (C=N–C) groups is 1. The van der Waals surface area contributed by atoms with Crippen molar-refractivity contribution in [3.8, 4) is 0 Å². The predicted molar refractivity (Wildman–Crippen MR) is 75.7 cm³/mol. The summed E-state index contributed by atoms with van der Waals surface area (Å²) in [5.41, 5.74) is 3.40. The number of carbonyl (C=O) groups is 1. The average molecular weight is 316 g/mol. The first-order valence-corrected chi connectivity index (χ1v) is 6.66. The van der Waals surface area contributed by atoms with Crippen LogP contribution in [0.3, 0.4) is 0 Å². The molecule has 1 aliphatic heterocycles. The summed E-state index contributed by atoms with van der Waals surface area (Å²) in [5, 5.41) is 7.58. The van der Waals surface area contributed by atoms with Crippen molar-refractivity contribution >= 4 is 33.1 Å². The summed E-state index contributed by atoms with van der Waals surface area (Å²) in [6.45, 7) is 0. The van der Waals surface area contributed by atoms with E-state index in [9.17, 15) is 4.79 Å². The van der Waals surface area contributed by atoms with Crippen LogP contribution < -0.4 is 0 Å². The number of carbonyl (C=O) groups excluding carboxylic acids is 1. The van der Waals surface area contributed by atoms with Gasteiger partial charge in [-0.15, -0.1) is 0 Å². The summed E-state index contributed by atoms with van der Waals surface area (Å²) in [5.74, 6) is 0.160. The minimum Gasteiger partial charge on any atom is -0.299 e. The summed E-state index contributed by atoms with van der Waals surface area (Å²) < 4.78 is 0.961. The van der Waals surface area contributed by atoms with Gasteiger partial charge in [-0.1, -0.05) is 15.9 Å². The standard InChI is InChI=1S/C14H10BrN3O/c15-11-1-2-13-10(5-11)6-12(19)7-14(18-13)9-3-4-16-17-8-9/h1-5,8H,6-7H2. The fraction of sp³-hybridized carbons (Fsp3) is 0.143. The number of rotatable bonds is 1. The molecule has 2 aromatic rings. The molecule has 0 spiro atoms. The quantitative estimate of drug-likeness (QED) is 0.813. The molecule has 0 aliphatic carbocycles. The molecule has 19 heavy (non-hydrogen) atoms. The Balaban J connectivity index is 2.11. The van der Waals surface area contributed by atoms with Crippen LogP contribution in [0, 0.1) is 0 Å². The normalized spacial score (nSPS) is 14.6. The zero-order chi connectivity index (χ0) is 13.2. The van der Waals surface area contributed by atoms with Gasteiger partial charge in [0.25, 0.3) is 0 Å². The van der Waals surface area contributed by atoms with Crippen LogP contribution in [-0.2, 0) is 11.2 Å². The Bertz CT molecular complexity index is 668. The van der Waals surface area contributed by atoms with Crippen LogP contribution in [0.15, 0.2) is 46.1 Å². The fourth-order valence-electron chi connectivity index (χ4n) is 2.08. The van der Waals surface area contributed by atoms with Crippen molar-refractivity contribution in [3.05, 3.63) is 52.3 Å². The number of aromatic nitrogens is 2. The van der Waals surface area contributed by atoms with Crippen LogP contribution in [0.2, 0.25) is 0 Å². The van der Waals surface area contributed by atoms with Gasteiger partial charge in [-0.05, 0) is 29.8 Å². The molecule has 1 aliphatic rings. The molecule has 4 nitrogen and oxygen atoms in total. The van der Waals surface area contributed by atoms with Crippen LogP contribution in [-0.4, -0.2) is 21.7 Å². The lowest BCUT2D eigenvalue weighted by molar-refractivity contribution is -0.117. The summed E-state index contributed by atoms with van der Waals surface area (Å²) >= 11 is 3.42. The topological polar surface area (TPSA) is 55.2 Å². The van der Waals surface area contributed by atoms with Crippen molar-refractivity contribution in [2.45, 2.75) is 12.8 Å². The minimum atomic E-state index is 0.160. The molecule has 0 atom stereocenters. The van der Waals surface area contributed by atoms with Crippen LogP contribution in [0.25, 0.3) is 0 Å². The highest BCUT2D eigenvalue weighted by Gasteiger charge is 2.18. The molecule has 94 valence electrons. The summed E-state index contributed by atoms with van der Waals surface area (Å²) in [4.78, 5) is 16.6. The van der Waals surface area contributed by atoms with Gasteiger partial charge in [-0.2, -0.15) is 10.2 Å². The van der Waals surface area contributed by atoms with E-state index < -0.39 is 0 Å². The molecule has 0 unspecified atom stereocenters. The van der Waals surface area contributed by atoms with E-state index in [4.69, 9.17) is 0 Å². The van der Waals surface area contributed by atoms with Crippen molar-refractivity contribution in [2.24, 2.45) is 4.99 Å². The Labute approximate surface area is 118 Å². The van der Waals surface area contributed by atoms with Gasteiger partial charge < -0.3 is 0 Å². The van der Waals surface area contributed by atoms with Gasteiger partial charge in [0.05, 0.1) is 23.8 Å². The SMILES string of the molecule is O=C1CC(c2ccnnc2)=Nc2ccc(Br)cc2C1. The highest BCUT2D eigenvalue weighted by molar-refractivity contribution is 9.10. The maximum Gasteiger partial charge on any atom is 0.143 e. The third-order valence-corrected chi connectivity index (χ3v) is 3.46. The largest absolute Gasteiger partial charge is 0.299 e. The Kier molecular flexibility index (Phi) is 3.21. The van der Waals surface area contributed by atoms with E-state index in [0.717, 1.165) is 27.0 Å². The molecule has 0 fully saturated rings. The van der Waals surface area contributed by atoms with Gasteiger partial charge in [0.15, 0.2) is 0 Å². The number of fused-ring (bicyclic) bond motifs is 1. The number of hydrogen-bond donors (Lipinski definition) is 0. The van der Waals surface area contributed by atoms with E-state index in [-0.39, 0.29) is 5.78 Å². The van der Waals surface area contributed by atoms with Crippen molar-refractivity contribution < 1.29 is 4.79 Å². The van der Waals surface area contributed by atoms with Crippen LogP contribution in [0.4, 0.5) is 5.69 Å². The van der Waals surface area contributed by atoms with Crippen LogP contribution in [0.5, 0.6) is 0 Å². The van der Waals surface area contributed by atoms with Crippen molar-refractivity contribution in [3.63, 3.8) is 0 Å². The summed E-state index contributed by atoms with van der Waals surface area (Å²) in [7, 11) is 0. The lowest BCUT2D eigenvalue weighted by Crippen LogP contribution is -2.09. The molecule has 3 rings (SSSR count). The lowest BCUT2D eigenvalue weighted by atomic mass is 10.0. The number of hydrogen-bond acceptors (Lipinski definition) is 4. The lowest BCUT2D eigenvalue weighted by Gasteiger charge is -2.03. The van der Waals surface area contributed by atoms with Crippen molar-refractivity contribution in [2.75, 3.05) is 0 Å². The molecular formula is C14H10BrN3O. The number of nitrogens with zero attached hydrogens (tertiary/aromatic N) is 3. The van der Waals surface area contributed by atoms with Crippen molar-refractivity contribution in [1.29, 1.82) is 0 Å². The molecular weight excluding hydrogens is 306 g/mol. The Morgan fingerprint density at radius 3 is 2.79 bits per heavy atom. The van der Waals surface area contributed by atoms with Gasteiger partial charge in [0.2, 0.25) is 0 Å². The second-order valence-corrected chi connectivity index (χ2v) is 5.27. The zero-order valence-corrected chi connectivity index (χ0v) is 11.6. The second-order valence-electron chi connectivity index (χ2n) is 4.35. The van der Waals surface area contributed by atoms with Crippen LogP contribution >= 0.6 is 15.9 Å². The second kappa shape index (κ2) is 5.01. The number of halogens is 1. The first-order chi connectivity index (χ1) is 9.22. The van der Waals surface area contributed by atoms with Gasteiger partial charge in [-0.3, -0.25) is 9.79 Å². The molecule has 5 heteroatoms. The number of benzene rings is 1. The van der Waals surface area contributed by atoms with E-state index in [0.29, 0.717) is 12.8 Å². The van der Waals surface area contributed by atoms with E-state index in [1.807, 2.05) is 24.3 Å². The third kappa shape index (κ3) is 2.61. The first kappa shape index (κ1) is 12.2. The molecule has 0 amide bonds. The Morgan fingerprint density at radius 1 is 1.11 bits per heavy atom. The highest BCUT2D eigenvalue weighted by Crippen LogP contribution is 2.28. The Hall–Kier alpha value is -1.88. The molecule has 0 radical (unpaired) electrons. The molecule has 1 aromatic carbocycles. The zero-order valence-electron chi connectivity index (χ0n) is 10.0. The van der Waals surface area contributed by atoms with Gasteiger partial charge in [-0.25, -0.2) is 0 Å². The maximum atomic E-state index is 12.0. The summed E-state index contributed by atoms with van der Waals surface area (Å²) in [6.07, 6.45) is 3.99. The molecule has 0 saturated heterocycles. The third-order valence-electron chi connectivity index (χ3n) is 2.97. The van der Waals surface area contributed by atoms with Crippen LogP contribution in [0.1, 0.15) is 17.5 Å². The average Bonchev–Trinajstić information content (AvgIpc) is 2.57. The monoisotopic (exact) mass is 315 g/mol. The van der Waals surface area contributed by atoms with E-state index in [1.165, 1.54) is 0 Å². The van der Waals surface area contributed by atoms with Gasteiger partial charge in [0, 0.05) is 22.9 Å². The minimum absolute atomic E-state index is 0.160. The molecule has 0 bridgehead atoms. The smallest absolute Gasteiger partial charge is 0.143 e. The highest BCUT2D eigenvalue weighted by atomic mass is 79.9. The van der Waals surface area contributed by atoms with Gasteiger partial charge >= 0.3 is 0 Å². The number of Topliss-reactive ketones (excluding diaryl/α,β-unsaturated/α-hetero) is 1. The first-order valence-electron chi connectivity index (χ1n) is 5.87. The van der Waals surface area contributed by atoms with E-state index in [2.05, 4.69) is 31.1 Å². The van der Waals surface area contributed by atoms with Gasteiger partial charge in [0.1, 0.15) is 5.78 Å². The number of ketones is 1. The fourth-order valence-corrected chi connectivity index (χ4v) is 2.49. The molecule has 0 saturated carbocycles. The van der Waals surface area contributed by atoms with E-state index >= 15 is 0 Å².